The fraction of sp³-hybridized carbons (Fsp3) is 0.364. The monoisotopic (exact) mass is 407 g/mol. The second-order valence-electron chi connectivity index (χ2n) is 7.91. The lowest BCUT2D eigenvalue weighted by molar-refractivity contribution is -0.0677. The Bertz CT molecular complexity index is 1130. The zero-order chi connectivity index (χ0) is 21.3. The van der Waals surface area contributed by atoms with Crippen molar-refractivity contribution in [2.75, 3.05) is 20.1 Å². The molecule has 156 valence electrons. The van der Waals surface area contributed by atoms with E-state index >= 15 is 0 Å². The van der Waals surface area contributed by atoms with Crippen LogP contribution in [0.5, 0.6) is 5.75 Å². The van der Waals surface area contributed by atoms with Gasteiger partial charge in [0.2, 0.25) is 0 Å². The van der Waals surface area contributed by atoms with E-state index in [-0.39, 0.29) is 17.1 Å². The number of nitrogens with one attached hydrogen (secondary N) is 2. The predicted octanol–water partition coefficient (Wildman–Crippen LogP) is 1.89. The van der Waals surface area contributed by atoms with Crippen molar-refractivity contribution >= 4 is 16.9 Å². The Morgan fingerprint density at radius 3 is 2.73 bits per heavy atom. The number of likely N-dealkylation sites (tertiary alicyclic amines) is 1. The van der Waals surface area contributed by atoms with Crippen molar-refractivity contribution in [3.8, 4) is 5.75 Å². The molecule has 1 fully saturated rings. The first kappa shape index (κ1) is 20.0. The van der Waals surface area contributed by atoms with E-state index < -0.39 is 0 Å². The summed E-state index contributed by atoms with van der Waals surface area (Å²) >= 11 is 0. The number of pyridine rings is 3. The van der Waals surface area contributed by atoms with Gasteiger partial charge < -0.3 is 15.0 Å². The highest BCUT2D eigenvalue weighted by Gasteiger charge is 2.40. The second kappa shape index (κ2) is 7.87. The molecule has 0 spiro atoms. The van der Waals surface area contributed by atoms with Crippen LogP contribution in [0.15, 0.2) is 41.5 Å². The molecular weight excluding hydrogens is 382 g/mol. The molecule has 0 aliphatic carbocycles. The van der Waals surface area contributed by atoms with Crippen molar-refractivity contribution in [3.63, 3.8) is 0 Å². The molecule has 0 atom stereocenters. The summed E-state index contributed by atoms with van der Waals surface area (Å²) in [5.41, 5.74) is 3.35. The number of rotatable bonds is 6. The highest BCUT2D eigenvalue weighted by Crippen LogP contribution is 2.28. The minimum absolute atomic E-state index is 0.0510. The van der Waals surface area contributed by atoms with Crippen LogP contribution in [-0.2, 0) is 13.0 Å². The van der Waals surface area contributed by atoms with Crippen molar-refractivity contribution < 1.29 is 9.53 Å². The number of hydrogen-bond acceptors (Lipinski definition) is 6. The maximum atomic E-state index is 12.1. The molecule has 4 rings (SSSR count). The van der Waals surface area contributed by atoms with Gasteiger partial charge in [-0.1, -0.05) is 6.92 Å². The summed E-state index contributed by atoms with van der Waals surface area (Å²) in [5, 5.41) is 2.55. The van der Waals surface area contributed by atoms with Crippen molar-refractivity contribution in [2.24, 2.45) is 0 Å². The fourth-order valence-corrected chi connectivity index (χ4v) is 3.84. The number of aryl methyl sites for hydroxylation is 1. The Kier molecular flexibility index (Phi) is 5.26. The number of fused-ring (bicyclic) bond motifs is 1. The maximum absolute atomic E-state index is 12.1. The van der Waals surface area contributed by atoms with Gasteiger partial charge in [-0.2, -0.15) is 0 Å². The molecule has 1 amide bonds. The Morgan fingerprint density at radius 2 is 2.07 bits per heavy atom. The summed E-state index contributed by atoms with van der Waals surface area (Å²) in [5.74, 6) is 0.417. The summed E-state index contributed by atoms with van der Waals surface area (Å²) in [6, 6.07) is 7.26. The molecule has 3 aromatic rings. The number of carbonyl (C=O) groups excluding carboxylic acids is 1. The quantitative estimate of drug-likeness (QED) is 0.647. The first-order valence-corrected chi connectivity index (χ1v) is 9.99. The predicted molar refractivity (Wildman–Crippen MR) is 114 cm³/mol. The zero-order valence-electron chi connectivity index (χ0n) is 17.4. The molecule has 1 aliphatic rings. The average Bonchev–Trinajstić information content (AvgIpc) is 2.72. The molecule has 0 unspecified atom stereocenters. The van der Waals surface area contributed by atoms with Gasteiger partial charge in [0.15, 0.2) is 0 Å². The highest BCUT2D eigenvalue weighted by atomic mass is 16.5. The molecule has 0 radical (unpaired) electrons. The minimum Gasteiger partial charge on any atom is -0.483 e. The van der Waals surface area contributed by atoms with Crippen molar-refractivity contribution in [1.82, 2.24) is 25.2 Å². The standard InChI is InChI=1S/C22H25N5O3/c1-4-15-8-18-19(26-20(15)28)7-14(9-24-18)11-27-12-22(2,13-27)30-16-5-6-17(25-10-16)21(29)23-3/h5-10H,4,11-13H2,1-3H3,(H,23,29)(H,26,28). The molecule has 30 heavy (non-hydrogen) atoms. The summed E-state index contributed by atoms with van der Waals surface area (Å²) in [7, 11) is 1.57. The average molecular weight is 407 g/mol. The number of nitrogens with zero attached hydrogens (tertiary/aromatic N) is 3. The van der Waals surface area contributed by atoms with Gasteiger partial charge >= 0.3 is 0 Å². The molecule has 8 nitrogen and oxygen atoms in total. The van der Waals surface area contributed by atoms with Crippen LogP contribution < -0.4 is 15.6 Å². The van der Waals surface area contributed by atoms with Crippen LogP contribution in [0.3, 0.4) is 0 Å². The van der Waals surface area contributed by atoms with E-state index in [1.807, 2.05) is 25.3 Å². The lowest BCUT2D eigenvalue weighted by atomic mass is 9.95. The van der Waals surface area contributed by atoms with Crippen LogP contribution in [0.4, 0.5) is 0 Å². The third kappa shape index (κ3) is 4.04. The minimum atomic E-state index is -0.315. The van der Waals surface area contributed by atoms with Gasteiger partial charge in [-0.25, -0.2) is 4.98 Å². The molecule has 2 N–H and O–H groups in total. The smallest absolute Gasteiger partial charge is 0.269 e. The summed E-state index contributed by atoms with van der Waals surface area (Å²) in [6.07, 6.45) is 4.12. The molecule has 1 saturated heterocycles. The lowest BCUT2D eigenvalue weighted by Gasteiger charge is -2.47. The van der Waals surface area contributed by atoms with E-state index in [1.165, 1.54) is 0 Å². The van der Waals surface area contributed by atoms with Gasteiger partial charge in [-0.15, -0.1) is 0 Å². The third-order valence-corrected chi connectivity index (χ3v) is 5.29. The van der Waals surface area contributed by atoms with Crippen LogP contribution in [0, 0.1) is 0 Å². The first-order chi connectivity index (χ1) is 14.4. The SMILES string of the molecule is CCc1cc2ncc(CN3CC(C)(Oc4ccc(C(=O)NC)nc4)C3)cc2[nH]c1=O. The third-order valence-electron chi connectivity index (χ3n) is 5.29. The summed E-state index contributed by atoms with van der Waals surface area (Å²) < 4.78 is 6.09. The topological polar surface area (TPSA) is 100 Å². The van der Waals surface area contributed by atoms with E-state index in [9.17, 15) is 9.59 Å². The number of H-pyrrole nitrogens is 1. The number of ether oxygens (including phenoxy) is 1. The van der Waals surface area contributed by atoms with Crippen LogP contribution in [0.2, 0.25) is 0 Å². The Morgan fingerprint density at radius 1 is 1.27 bits per heavy atom. The van der Waals surface area contributed by atoms with Gasteiger partial charge in [0, 0.05) is 38.4 Å². The van der Waals surface area contributed by atoms with Crippen LogP contribution in [0.25, 0.3) is 11.0 Å². The zero-order valence-corrected chi connectivity index (χ0v) is 17.4. The molecule has 0 saturated carbocycles. The van der Waals surface area contributed by atoms with E-state index in [0.717, 1.165) is 41.8 Å². The second-order valence-corrected chi connectivity index (χ2v) is 7.91. The number of aromatic nitrogens is 3. The molecule has 0 bridgehead atoms. The molecule has 0 aromatic carbocycles. The number of hydrogen-bond donors (Lipinski definition) is 2. The van der Waals surface area contributed by atoms with Crippen molar-refractivity contribution in [1.29, 1.82) is 0 Å². The Labute approximate surface area is 174 Å². The van der Waals surface area contributed by atoms with E-state index in [0.29, 0.717) is 17.9 Å². The number of amides is 1. The van der Waals surface area contributed by atoms with Gasteiger partial charge in [-0.05, 0) is 43.2 Å². The van der Waals surface area contributed by atoms with Crippen molar-refractivity contribution in [3.05, 3.63) is 63.8 Å². The van der Waals surface area contributed by atoms with E-state index in [2.05, 4.69) is 32.1 Å². The molecule has 8 heteroatoms. The van der Waals surface area contributed by atoms with Crippen LogP contribution in [-0.4, -0.2) is 51.5 Å². The molecule has 4 heterocycles. The van der Waals surface area contributed by atoms with Crippen LogP contribution in [0.1, 0.15) is 35.5 Å². The molecule has 1 aliphatic heterocycles. The first-order valence-electron chi connectivity index (χ1n) is 9.99. The molecule has 3 aromatic heterocycles. The Balaban J connectivity index is 1.38. The van der Waals surface area contributed by atoms with Crippen LogP contribution >= 0.6 is 0 Å². The van der Waals surface area contributed by atoms with Crippen molar-refractivity contribution in [2.45, 2.75) is 32.4 Å². The molecular formula is C22H25N5O3. The van der Waals surface area contributed by atoms with Gasteiger partial charge in [0.25, 0.3) is 11.5 Å². The van der Waals surface area contributed by atoms with E-state index in [4.69, 9.17) is 4.74 Å². The lowest BCUT2D eigenvalue weighted by Crippen LogP contribution is -2.62. The van der Waals surface area contributed by atoms with Gasteiger partial charge in [0.05, 0.1) is 17.2 Å². The van der Waals surface area contributed by atoms with Gasteiger partial charge in [-0.3, -0.25) is 19.5 Å². The summed E-state index contributed by atoms with van der Waals surface area (Å²) in [6.45, 7) is 6.26. The Hall–Kier alpha value is -3.26. The van der Waals surface area contributed by atoms with Gasteiger partial charge in [0.1, 0.15) is 17.0 Å². The summed E-state index contributed by atoms with van der Waals surface area (Å²) in [4.78, 5) is 37.5. The number of aromatic amines is 1. The maximum Gasteiger partial charge on any atom is 0.269 e. The highest BCUT2D eigenvalue weighted by molar-refractivity contribution is 5.92. The van der Waals surface area contributed by atoms with E-state index in [1.54, 1.807) is 25.4 Å². The fourth-order valence-electron chi connectivity index (χ4n) is 3.84. The largest absolute Gasteiger partial charge is 0.483 e. The number of carbonyl (C=O) groups is 1. The normalized spacial score (nSPS) is 15.6.